The molecular weight excluding hydrogens is 260 g/mol. The third kappa shape index (κ3) is 3.22. The number of hydrogen-bond acceptors (Lipinski definition) is 3. The zero-order valence-corrected chi connectivity index (χ0v) is 12.7. The van der Waals surface area contributed by atoms with E-state index in [2.05, 4.69) is 24.4 Å². The molecule has 1 aliphatic rings. The lowest BCUT2D eigenvalue weighted by Gasteiger charge is -2.29. The lowest BCUT2D eigenvalue weighted by Crippen LogP contribution is -2.16. The predicted molar refractivity (Wildman–Crippen MR) is 84.8 cm³/mol. The molecule has 2 rings (SSSR count). The van der Waals surface area contributed by atoms with Crippen LogP contribution < -0.4 is 5.32 Å². The number of fused-ring (bicyclic) bond motifs is 1. The molecule has 0 spiro atoms. The van der Waals surface area contributed by atoms with Gasteiger partial charge in [0.2, 0.25) is 0 Å². The highest BCUT2D eigenvalue weighted by atomic mass is 16.1. The van der Waals surface area contributed by atoms with E-state index in [1.807, 2.05) is 25.1 Å². The van der Waals surface area contributed by atoms with E-state index >= 15 is 0 Å². The number of hydrogen-bond donors (Lipinski definition) is 1. The van der Waals surface area contributed by atoms with Gasteiger partial charge < -0.3 is 5.32 Å². The minimum atomic E-state index is -0.0379. The second-order valence-corrected chi connectivity index (χ2v) is 5.42. The summed E-state index contributed by atoms with van der Waals surface area (Å²) in [7, 11) is 0. The summed E-state index contributed by atoms with van der Waals surface area (Å²) >= 11 is 0. The highest BCUT2D eigenvalue weighted by Crippen LogP contribution is 2.39. The van der Waals surface area contributed by atoms with Gasteiger partial charge in [-0.15, -0.1) is 0 Å². The second kappa shape index (κ2) is 6.41. The minimum absolute atomic E-state index is 0.0379. The Labute approximate surface area is 126 Å². The van der Waals surface area contributed by atoms with Gasteiger partial charge in [0.25, 0.3) is 0 Å². The van der Waals surface area contributed by atoms with E-state index in [-0.39, 0.29) is 5.78 Å². The highest BCUT2D eigenvalue weighted by molar-refractivity contribution is 5.89. The number of benzene rings is 1. The van der Waals surface area contributed by atoms with Crippen LogP contribution >= 0.6 is 0 Å². The Balaban J connectivity index is 2.48. The lowest BCUT2D eigenvalue weighted by molar-refractivity contribution is -0.112. The Bertz CT molecular complexity index is 662. The summed E-state index contributed by atoms with van der Waals surface area (Å²) in [5.74, 6) is 0.370. The molecule has 1 heterocycles. The molecule has 0 bridgehead atoms. The van der Waals surface area contributed by atoms with E-state index in [0.29, 0.717) is 11.5 Å². The molecule has 0 radical (unpaired) electrons. The highest BCUT2D eigenvalue weighted by Gasteiger charge is 2.23. The third-order valence-corrected chi connectivity index (χ3v) is 3.86. The number of nitrogens with zero attached hydrogens (tertiary/aromatic N) is 1. The van der Waals surface area contributed by atoms with E-state index in [9.17, 15) is 10.1 Å². The third-order valence-electron chi connectivity index (χ3n) is 3.86. The number of nitriles is 1. The van der Waals surface area contributed by atoms with E-state index in [1.54, 1.807) is 0 Å². The van der Waals surface area contributed by atoms with Crippen LogP contribution in [0.2, 0.25) is 0 Å². The van der Waals surface area contributed by atoms with Crippen molar-refractivity contribution in [3.8, 4) is 6.07 Å². The van der Waals surface area contributed by atoms with Crippen molar-refractivity contribution in [3.05, 3.63) is 52.7 Å². The molecule has 1 aromatic rings. The van der Waals surface area contributed by atoms with Crippen LogP contribution in [0.4, 0.5) is 5.69 Å². The molecule has 0 saturated heterocycles. The van der Waals surface area contributed by atoms with Crippen molar-refractivity contribution >= 4 is 11.5 Å². The minimum Gasteiger partial charge on any atom is -0.358 e. The van der Waals surface area contributed by atoms with Crippen LogP contribution in [0, 0.1) is 11.3 Å². The number of ketones is 1. The van der Waals surface area contributed by atoms with Crippen molar-refractivity contribution in [2.24, 2.45) is 0 Å². The molecular formula is C18H20N2O. The second-order valence-electron chi connectivity index (χ2n) is 5.42. The molecule has 1 aromatic carbocycles. The molecule has 3 nitrogen and oxygen atoms in total. The fourth-order valence-corrected chi connectivity index (χ4v) is 2.84. The Kier molecular flexibility index (Phi) is 4.59. The van der Waals surface area contributed by atoms with Crippen LogP contribution in [0.5, 0.6) is 0 Å². The average molecular weight is 280 g/mol. The van der Waals surface area contributed by atoms with Crippen LogP contribution in [-0.2, 0) is 4.79 Å². The predicted octanol–water partition coefficient (Wildman–Crippen LogP) is 4.31. The molecule has 0 saturated carbocycles. The Morgan fingerprint density at radius 1 is 1.43 bits per heavy atom. The van der Waals surface area contributed by atoms with E-state index < -0.39 is 0 Å². The number of anilines is 1. The summed E-state index contributed by atoms with van der Waals surface area (Å²) < 4.78 is 0. The van der Waals surface area contributed by atoms with E-state index in [1.165, 1.54) is 18.6 Å². The van der Waals surface area contributed by atoms with Crippen LogP contribution in [0.1, 0.15) is 45.1 Å². The zero-order valence-electron chi connectivity index (χ0n) is 12.7. The van der Waals surface area contributed by atoms with Crippen molar-refractivity contribution in [3.63, 3.8) is 0 Å². The standard InChI is InChI=1S/C18H20N2O/c1-4-14-10-18(16(11-19)12(2)9-13(3)21)20-17-8-6-5-7-15(14)17/h5-9,14,20H,4,10H2,1-3H3. The molecule has 108 valence electrons. The average Bonchev–Trinajstić information content (AvgIpc) is 2.46. The van der Waals surface area contributed by atoms with Crippen molar-refractivity contribution < 1.29 is 4.79 Å². The van der Waals surface area contributed by atoms with Crippen LogP contribution in [0.15, 0.2) is 47.2 Å². The SMILES string of the molecule is CCC1CC(=C(C#N)C(C)=CC(C)=O)Nc2ccccc21. The first-order valence-corrected chi connectivity index (χ1v) is 7.25. The molecule has 1 atom stereocenters. The van der Waals surface area contributed by atoms with Gasteiger partial charge in [0.15, 0.2) is 5.78 Å². The van der Waals surface area contributed by atoms with Crippen molar-refractivity contribution in [1.29, 1.82) is 5.26 Å². The number of carbonyl (C=O) groups is 1. The topological polar surface area (TPSA) is 52.9 Å². The van der Waals surface area contributed by atoms with Gasteiger partial charge in [-0.05, 0) is 55.9 Å². The van der Waals surface area contributed by atoms with Gasteiger partial charge in [-0.2, -0.15) is 5.26 Å². The first-order valence-electron chi connectivity index (χ1n) is 7.25. The smallest absolute Gasteiger partial charge is 0.152 e. The number of carbonyl (C=O) groups excluding carboxylic acids is 1. The molecule has 1 aliphatic heterocycles. The van der Waals surface area contributed by atoms with E-state index in [0.717, 1.165) is 29.8 Å². The Morgan fingerprint density at radius 2 is 2.14 bits per heavy atom. The molecule has 1 unspecified atom stereocenters. The Hall–Kier alpha value is -2.34. The lowest BCUT2D eigenvalue weighted by atomic mass is 9.85. The maximum atomic E-state index is 11.2. The van der Waals surface area contributed by atoms with Gasteiger partial charge in [0.1, 0.15) is 6.07 Å². The summed E-state index contributed by atoms with van der Waals surface area (Å²) in [6.07, 6.45) is 3.35. The van der Waals surface area contributed by atoms with Crippen molar-refractivity contribution in [1.82, 2.24) is 0 Å². The van der Waals surface area contributed by atoms with Crippen LogP contribution in [-0.4, -0.2) is 5.78 Å². The zero-order chi connectivity index (χ0) is 15.4. The number of allylic oxidation sites excluding steroid dienone is 4. The maximum absolute atomic E-state index is 11.2. The first-order chi connectivity index (χ1) is 10.1. The van der Waals surface area contributed by atoms with E-state index in [4.69, 9.17) is 0 Å². The summed E-state index contributed by atoms with van der Waals surface area (Å²) in [5, 5.41) is 12.8. The molecule has 0 aliphatic carbocycles. The van der Waals surface area contributed by atoms with Gasteiger partial charge in [0, 0.05) is 11.4 Å². The summed E-state index contributed by atoms with van der Waals surface area (Å²) in [6.45, 7) is 5.48. The fourth-order valence-electron chi connectivity index (χ4n) is 2.84. The molecule has 21 heavy (non-hydrogen) atoms. The summed E-state index contributed by atoms with van der Waals surface area (Å²) in [4.78, 5) is 11.2. The monoisotopic (exact) mass is 280 g/mol. The van der Waals surface area contributed by atoms with Gasteiger partial charge in [-0.25, -0.2) is 0 Å². The summed E-state index contributed by atoms with van der Waals surface area (Å²) in [6, 6.07) is 10.5. The largest absolute Gasteiger partial charge is 0.358 e. The van der Waals surface area contributed by atoms with Crippen LogP contribution in [0.25, 0.3) is 0 Å². The Morgan fingerprint density at radius 3 is 2.76 bits per heavy atom. The van der Waals surface area contributed by atoms with Gasteiger partial charge in [-0.1, -0.05) is 25.1 Å². The van der Waals surface area contributed by atoms with Crippen LogP contribution in [0.3, 0.4) is 0 Å². The van der Waals surface area contributed by atoms with Crippen molar-refractivity contribution in [2.45, 2.75) is 39.5 Å². The molecule has 0 fully saturated rings. The van der Waals surface area contributed by atoms with Crippen molar-refractivity contribution in [2.75, 3.05) is 5.32 Å². The molecule has 0 amide bonds. The molecule has 1 N–H and O–H groups in total. The molecule has 3 heteroatoms. The first kappa shape index (κ1) is 15.1. The normalized spacial score (nSPS) is 20.1. The molecule has 0 aromatic heterocycles. The number of rotatable bonds is 3. The fraction of sp³-hybridized carbons (Fsp3) is 0.333. The quantitative estimate of drug-likeness (QED) is 0.663. The number of para-hydroxylation sites is 1. The summed E-state index contributed by atoms with van der Waals surface area (Å²) in [5.41, 5.74) is 4.58. The number of nitrogens with one attached hydrogen (secondary N) is 1. The van der Waals surface area contributed by atoms with Gasteiger partial charge in [-0.3, -0.25) is 4.79 Å². The van der Waals surface area contributed by atoms with Gasteiger partial charge >= 0.3 is 0 Å². The van der Waals surface area contributed by atoms with Gasteiger partial charge in [0.05, 0.1) is 5.57 Å². The maximum Gasteiger partial charge on any atom is 0.152 e.